The predicted octanol–water partition coefficient (Wildman–Crippen LogP) is 0.327. The molecule has 0 atom stereocenters. The first kappa shape index (κ1) is 8.01. The molecular weight excluding hydrogens is 140 g/mol. The average molecular weight is 152 g/mol. The van der Waals surface area contributed by atoms with Gasteiger partial charge in [0.25, 0.3) is 5.56 Å². The molecule has 0 aromatic carbocycles. The molecule has 0 aliphatic carbocycles. The summed E-state index contributed by atoms with van der Waals surface area (Å²) in [7, 11) is 0. The van der Waals surface area contributed by atoms with Crippen molar-refractivity contribution in [3.63, 3.8) is 0 Å². The molecule has 60 valence electrons. The molecule has 1 heterocycles. The zero-order valence-corrected chi connectivity index (χ0v) is 6.58. The topological polar surface area (TPSA) is 48.0 Å². The summed E-state index contributed by atoms with van der Waals surface area (Å²) in [5, 5.41) is 0. The van der Waals surface area contributed by atoms with Crippen molar-refractivity contribution >= 4 is 0 Å². The molecule has 1 aromatic rings. The van der Waals surface area contributed by atoms with Crippen LogP contribution in [0.3, 0.4) is 0 Å². The zero-order chi connectivity index (χ0) is 8.27. The molecule has 1 aromatic heterocycles. The predicted molar refractivity (Wildman–Crippen MR) is 44.3 cm³/mol. The summed E-state index contributed by atoms with van der Waals surface area (Å²) in [5.41, 5.74) is 6.27. The lowest BCUT2D eigenvalue weighted by Gasteiger charge is -2.01. The number of aryl methyl sites for hydroxylation is 1. The third-order valence-corrected chi connectivity index (χ3v) is 1.64. The quantitative estimate of drug-likeness (QED) is 0.663. The van der Waals surface area contributed by atoms with Gasteiger partial charge < -0.3 is 10.3 Å². The van der Waals surface area contributed by atoms with E-state index in [9.17, 15) is 4.79 Å². The lowest BCUT2D eigenvalue weighted by Crippen LogP contribution is -2.18. The van der Waals surface area contributed by atoms with E-state index in [1.165, 1.54) is 0 Å². The fourth-order valence-electron chi connectivity index (χ4n) is 0.937. The van der Waals surface area contributed by atoms with Crippen molar-refractivity contribution in [1.29, 1.82) is 0 Å². The Labute approximate surface area is 65.5 Å². The van der Waals surface area contributed by atoms with E-state index in [4.69, 9.17) is 5.73 Å². The molecule has 0 fully saturated rings. The number of pyridine rings is 1. The molecule has 0 aliphatic rings. The Hall–Kier alpha value is -1.09. The first-order valence-corrected chi connectivity index (χ1v) is 3.67. The van der Waals surface area contributed by atoms with Crippen LogP contribution in [0.2, 0.25) is 0 Å². The molecule has 2 N–H and O–H groups in total. The van der Waals surface area contributed by atoms with Gasteiger partial charge in [0.05, 0.1) is 0 Å². The molecular formula is C8H12N2O. The minimum absolute atomic E-state index is 0.0236. The fraction of sp³-hybridized carbons (Fsp3) is 0.375. The van der Waals surface area contributed by atoms with Crippen molar-refractivity contribution in [3.05, 3.63) is 34.2 Å². The van der Waals surface area contributed by atoms with Crippen LogP contribution < -0.4 is 11.3 Å². The smallest absolute Gasteiger partial charge is 0.250 e. The van der Waals surface area contributed by atoms with Crippen LogP contribution in [-0.2, 0) is 13.1 Å². The average Bonchev–Trinajstić information content (AvgIpc) is 2.04. The van der Waals surface area contributed by atoms with Crippen LogP contribution in [0.25, 0.3) is 0 Å². The minimum Gasteiger partial charge on any atom is -0.326 e. The summed E-state index contributed by atoms with van der Waals surface area (Å²) in [6.45, 7) is 3.08. The van der Waals surface area contributed by atoms with Gasteiger partial charge >= 0.3 is 0 Å². The van der Waals surface area contributed by atoms with Crippen molar-refractivity contribution in [2.75, 3.05) is 0 Å². The molecule has 0 unspecified atom stereocenters. The summed E-state index contributed by atoms with van der Waals surface area (Å²) in [6, 6.07) is 3.44. The fourth-order valence-corrected chi connectivity index (χ4v) is 0.937. The minimum atomic E-state index is 0.0236. The van der Waals surface area contributed by atoms with E-state index in [-0.39, 0.29) is 5.56 Å². The van der Waals surface area contributed by atoms with Crippen LogP contribution in [-0.4, -0.2) is 4.57 Å². The van der Waals surface area contributed by atoms with Gasteiger partial charge in [-0.05, 0) is 18.6 Å². The van der Waals surface area contributed by atoms with E-state index in [1.54, 1.807) is 16.8 Å². The summed E-state index contributed by atoms with van der Waals surface area (Å²) in [5.74, 6) is 0. The van der Waals surface area contributed by atoms with Gasteiger partial charge in [-0.2, -0.15) is 0 Å². The molecule has 0 saturated heterocycles. The second kappa shape index (κ2) is 3.34. The molecule has 0 aliphatic heterocycles. The van der Waals surface area contributed by atoms with Crippen LogP contribution in [0.15, 0.2) is 23.1 Å². The maximum Gasteiger partial charge on any atom is 0.250 e. The van der Waals surface area contributed by atoms with Gasteiger partial charge in [-0.15, -0.1) is 0 Å². The van der Waals surface area contributed by atoms with Gasteiger partial charge in [-0.3, -0.25) is 4.79 Å². The van der Waals surface area contributed by atoms with Crippen LogP contribution >= 0.6 is 0 Å². The van der Waals surface area contributed by atoms with Crippen molar-refractivity contribution < 1.29 is 0 Å². The van der Waals surface area contributed by atoms with Gasteiger partial charge in [0.1, 0.15) is 0 Å². The summed E-state index contributed by atoms with van der Waals surface area (Å²) < 4.78 is 1.64. The molecule has 0 radical (unpaired) electrons. The lowest BCUT2D eigenvalue weighted by atomic mass is 10.3. The van der Waals surface area contributed by atoms with E-state index < -0.39 is 0 Å². The van der Waals surface area contributed by atoms with Gasteiger partial charge in [0.2, 0.25) is 0 Å². The summed E-state index contributed by atoms with van der Waals surface area (Å²) in [6.07, 6.45) is 1.77. The standard InChI is InChI=1S/C8H12N2O/c1-2-10-4-3-7(6-9)5-8(10)11/h3-5H,2,6,9H2,1H3. The molecule has 0 bridgehead atoms. The van der Waals surface area contributed by atoms with Crippen LogP contribution in [0, 0.1) is 0 Å². The van der Waals surface area contributed by atoms with E-state index in [0.717, 1.165) is 5.56 Å². The van der Waals surface area contributed by atoms with Crippen LogP contribution in [0.1, 0.15) is 12.5 Å². The third-order valence-electron chi connectivity index (χ3n) is 1.64. The Morgan fingerprint density at radius 2 is 2.36 bits per heavy atom. The summed E-state index contributed by atoms with van der Waals surface area (Å²) >= 11 is 0. The Morgan fingerprint density at radius 3 is 2.82 bits per heavy atom. The highest BCUT2D eigenvalue weighted by Crippen LogP contribution is 1.91. The van der Waals surface area contributed by atoms with E-state index >= 15 is 0 Å². The van der Waals surface area contributed by atoms with E-state index in [1.807, 2.05) is 13.0 Å². The number of nitrogens with zero attached hydrogens (tertiary/aromatic N) is 1. The van der Waals surface area contributed by atoms with E-state index in [0.29, 0.717) is 13.1 Å². The second-order valence-corrected chi connectivity index (χ2v) is 2.36. The third kappa shape index (κ3) is 1.68. The number of nitrogens with two attached hydrogens (primary N) is 1. The molecule has 11 heavy (non-hydrogen) atoms. The Balaban J connectivity index is 3.10. The Kier molecular flexibility index (Phi) is 2.44. The highest BCUT2D eigenvalue weighted by atomic mass is 16.1. The van der Waals surface area contributed by atoms with Gasteiger partial charge in [-0.25, -0.2) is 0 Å². The van der Waals surface area contributed by atoms with Gasteiger partial charge in [0, 0.05) is 25.4 Å². The van der Waals surface area contributed by atoms with Crippen molar-refractivity contribution in [2.45, 2.75) is 20.0 Å². The van der Waals surface area contributed by atoms with Crippen LogP contribution in [0.4, 0.5) is 0 Å². The molecule has 3 nitrogen and oxygen atoms in total. The molecule has 3 heteroatoms. The number of aromatic nitrogens is 1. The normalized spacial score (nSPS) is 10.0. The molecule has 1 rings (SSSR count). The Bertz CT molecular complexity index is 290. The van der Waals surface area contributed by atoms with E-state index in [2.05, 4.69) is 0 Å². The van der Waals surface area contributed by atoms with Crippen molar-refractivity contribution in [1.82, 2.24) is 4.57 Å². The van der Waals surface area contributed by atoms with Crippen molar-refractivity contribution in [3.8, 4) is 0 Å². The second-order valence-electron chi connectivity index (χ2n) is 2.36. The number of rotatable bonds is 2. The summed E-state index contributed by atoms with van der Waals surface area (Å²) in [4.78, 5) is 11.1. The SMILES string of the molecule is CCn1ccc(CN)cc1=O. The highest BCUT2D eigenvalue weighted by Gasteiger charge is 1.93. The Morgan fingerprint density at radius 1 is 1.64 bits per heavy atom. The molecule has 0 amide bonds. The number of hydrogen-bond donors (Lipinski definition) is 1. The number of hydrogen-bond acceptors (Lipinski definition) is 2. The molecule has 0 saturated carbocycles. The van der Waals surface area contributed by atoms with Gasteiger partial charge in [-0.1, -0.05) is 0 Å². The lowest BCUT2D eigenvalue weighted by molar-refractivity contribution is 0.723. The maximum absolute atomic E-state index is 11.1. The largest absolute Gasteiger partial charge is 0.326 e. The zero-order valence-electron chi connectivity index (χ0n) is 6.58. The molecule has 0 spiro atoms. The highest BCUT2D eigenvalue weighted by molar-refractivity contribution is 5.10. The first-order chi connectivity index (χ1) is 5.27. The van der Waals surface area contributed by atoms with Gasteiger partial charge in [0.15, 0.2) is 0 Å². The monoisotopic (exact) mass is 152 g/mol. The maximum atomic E-state index is 11.1. The van der Waals surface area contributed by atoms with Crippen molar-refractivity contribution in [2.24, 2.45) is 5.73 Å². The first-order valence-electron chi connectivity index (χ1n) is 3.67. The van der Waals surface area contributed by atoms with Crippen LogP contribution in [0.5, 0.6) is 0 Å².